The zero-order valence-electron chi connectivity index (χ0n) is 8.51. The lowest BCUT2D eigenvalue weighted by atomic mass is 10.1. The maximum absolute atomic E-state index is 12.5. The molecule has 16 heavy (non-hydrogen) atoms. The Morgan fingerprint density at radius 3 is 2.56 bits per heavy atom. The van der Waals surface area contributed by atoms with Crippen molar-refractivity contribution < 1.29 is 17.9 Å². The number of ether oxygens (including phenoxy) is 1. The van der Waals surface area contributed by atoms with Gasteiger partial charge in [-0.1, -0.05) is 15.9 Å². The molecular weight excluding hydrogens is 287 g/mol. The van der Waals surface area contributed by atoms with Gasteiger partial charge in [-0.25, -0.2) is 0 Å². The van der Waals surface area contributed by atoms with Crippen LogP contribution in [-0.2, 0) is 0 Å². The van der Waals surface area contributed by atoms with E-state index in [4.69, 9.17) is 10.5 Å². The molecule has 0 amide bonds. The van der Waals surface area contributed by atoms with Gasteiger partial charge in [0.1, 0.15) is 11.8 Å². The van der Waals surface area contributed by atoms with Crippen LogP contribution in [-0.4, -0.2) is 12.8 Å². The van der Waals surface area contributed by atoms with Gasteiger partial charge in [-0.05, 0) is 25.1 Å². The fourth-order valence-corrected chi connectivity index (χ4v) is 1.60. The molecule has 0 saturated carbocycles. The van der Waals surface area contributed by atoms with Gasteiger partial charge in [0.15, 0.2) is 0 Å². The first-order valence-corrected chi connectivity index (χ1v) is 5.40. The van der Waals surface area contributed by atoms with Crippen molar-refractivity contribution >= 4 is 15.9 Å². The molecule has 0 aliphatic carbocycles. The van der Waals surface area contributed by atoms with E-state index in [1.165, 1.54) is 12.1 Å². The van der Waals surface area contributed by atoms with Crippen molar-refractivity contribution in [3.8, 4) is 5.75 Å². The lowest BCUT2D eigenvalue weighted by molar-refractivity contribution is -0.149. The monoisotopic (exact) mass is 297 g/mol. The van der Waals surface area contributed by atoms with Crippen LogP contribution in [0.3, 0.4) is 0 Å². The van der Waals surface area contributed by atoms with E-state index in [9.17, 15) is 13.2 Å². The number of hydrogen-bond acceptors (Lipinski definition) is 2. The normalized spacial score (nSPS) is 13.6. The van der Waals surface area contributed by atoms with Gasteiger partial charge < -0.3 is 10.5 Å². The first kappa shape index (κ1) is 13.3. The smallest absolute Gasteiger partial charge is 0.407 e. The van der Waals surface area contributed by atoms with Crippen LogP contribution in [0.2, 0.25) is 0 Å². The minimum Gasteiger partial charge on any atom is -0.494 e. The van der Waals surface area contributed by atoms with E-state index in [1.54, 1.807) is 13.0 Å². The summed E-state index contributed by atoms with van der Waals surface area (Å²) < 4.78 is 43.1. The Bertz CT molecular complexity index is 368. The van der Waals surface area contributed by atoms with Gasteiger partial charge in [0.05, 0.1) is 6.61 Å². The van der Waals surface area contributed by atoms with Crippen molar-refractivity contribution in [3.05, 3.63) is 28.2 Å². The van der Waals surface area contributed by atoms with Gasteiger partial charge in [0, 0.05) is 10.0 Å². The third-order valence-electron chi connectivity index (χ3n) is 1.96. The predicted octanol–water partition coefficient (Wildman–Crippen LogP) is 3.41. The van der Waals surface area contributed by atoms with Crippen LogP contribution in [0.15, 0.2) is 22.7 Å². The van der Waals surface area contributed by atoms with E-state index >= 15 is 0 Å². The third kappa shape index (κ3) is 3.12. The van der Waals surface area contributed by atoms with Crippen LogP contribution in [0.1, 0.15) is 18.5 Å². The molecule has 0 fully saturated rings. The predicted molar refractivity (Wildman–Crippen MR) is 58.3 cm³/mol. The second-order valence-electron chi connectivity index (χ2n) is 3.13. The quantitative estimate of drug-likeness (QED) is 0.928. The molecule has 0 spiro atoms. The van der Waals surface area contributed by atoms with E-state index in [-0.39, 0.29) is 11.3 Å². The molecule has 0 radical (unpaired) electrons. The van der Waals surface area contributed by atoms with Crippen LogP contribution in [0.4, 0.5) is 13.2 Å². The second-order valence-corrected chi connectivity index (χ2v) is 4.05. The minimum atomic E-state index is -4.48. The van der Waals surface area contributed by atoms with Crippen LogP contribution in [0.5, 0.6) is 5.75 Å². The third-order valence-corrected chi connectivity index (χ3v) is 2.45. The van der Waals surface area contributed by atoms with E-state index in [1.807, 2.05) is 0 Å². The summed E-state index contributed by atoms with van der Waals surface area (Å²) in [5, 5.41) is 0. The van der Waals surface area contributed by atoms with Crippen molar-refractivity contribution in [2.24, 2.45) is 5.73 Å². The second kappa shape index (κ2) is 5.05. The Hall–Kier alpha value is -0.750. The molecule has 2 nitrogen and oxygen atoms in total. The van der Waals surface area contributed by atoms with Crippen molar-refractivity contribution in [1.29, 1.82) is 0 Å². The highest BCUT2D eigenvalue weighted by molar-refractivity contribution is 9.10. The molecule has 0 aliphatic heterocycles. The van der Waals surface area contributed by atoms with Gasteiger partial charge >= 0.3 is 6.18 Å². The molecular formula is C10H11BrF3NO. The first-order valence-electron chi connectivity index (χ1n) is 4.60. The fourth-order valence-electron chi connectivity index (χ4n) is 1.23. The maximum Gasteiger partial charge on any atom is 0.407 e. The molecule has 6 heteroatoms. The molecule has 0 aliphatic rings. The van der Waals surface area contributed by atoms with E-state index < -0.39 is 12.2 Å². The highest BCUT2D eigenvalue weighted by Gasteiger charge is 2.39. The average molecular weight is 298 g/mol. The molecule has 0 aromatic heterocycles. The van der Waals surface area contributed by atoms with Gasteiger partial charge in [-0.15, -0.1) is 0 Å². The first-order chi connectivity index (χ1) is 7.36. The molecule has 1 aromatic carbocycles. The molecule has 90 valence electrons. The molecule has 2 N–H and O–H groups in total. The highest BCUT2D eigenvalue weighted by Crippen LogP contribution is 2.36. The largest absolute Gasteiger partial charge is 0.494 e. The van der Waals surface area contributed by atoms with Crippen LogP contribution >= 0.6 is 15.9 Å². The summed E-state index contributed by atoms with van der Waals surface area (Å²) in [6.45, 7) is 1.99. The van der Waals surface area contributed by atoms with Crippen LogP contribution in [0.25, 0.3) is 0 Å². The zero-order valence-corrected chi connectivity index (χ0v) is 10.1. The van der Waals surface area contributed by atoms with E-state index in [0.29, 0.717) is 11.1 Å². The minimum absolute atomic E-state index is 0.0660. The summed E-state index contributed by atoms with van der Waals surface area (Å²) in [4.78, 5) is 0. The van der Waals surface area contributed by atoms with Gasteiger partial charge in [0.2, 0.25) is 0 Å². The zero-order chi connectivity index (χ0) is 12.3. The number of benzene rings is 1. The topological polar surface area (TPSA) is 35.2 Å². The number of halogens is 4. The molecule has 1 atom stereocenters. The summed E-state index contributed by atoms with van der Waals surface area (Å²) in [5.74, 6) is 0.163. The summed E-state index contributed by atoms with van der Waals surface area (Å²) in [6.07, 6.45) is -4.48. The lowest BCUT2D eigenvalue weighted by Gasteiger charge is -2.19. The summed E-state index contributed by atoms with van der Waals surface area (Å²) in [6, 6.07) is 2.36. The van der Waals surface area contributed by atoms with Crippen molar-refractivity contribution in [2.45, 2.75) is 19.1 Å². The van der Waals surface area contributed by atoms with Gasteiger partial charge in [-0.2, -0.15) is 13.2 Å². The highest BCUT2D eigenvalue weighted by atomic mass is 79.9. The Balaban J connectivity index is 3.14. The van der Waals surface area contributed by atoms with Gasteiger partial charge in [0.25, 0.3) is 0 Å². The van der Waals surface area contributed by atoms with E-state index in [0.717, 1.165) is 0 Å². The molecule has 0 bridgehead atoms. The number of nitrogens with two attached hydrogens (primary N) is 1. The lowest BCUT2D eigenvalue weighted by Crippen LogP contribution is -2.29. The molecule has 0 saturated heterocycles. The molecule has 0 heterocycles. The van der Waals surface area contributed by atoms with Crippen molar-refractivity contribution in [3.63, 3.8) is 0 Å². The number of hydrogen-bond donors (Lipinski definition) is 1. The SMILES string of the molecule is CCOc1ccc(Br)cc1[C@H](N)C(F)(F)F. The fraction of sp³-hybridized carbons (Fsp3) is 0.400. The number of alkyl halides is 3. The average Bonchev–Trinajstić information content (AvgIpc) is 2.18. The van der Waals surface area contributed by atoms with E-state index in [2.05, 4.69) is 15.9 Å². The Morgan fingerprint density at radius 2 is 2.06 bits per heavy atom. The summed E-state index contributed by atoms with van der Waals surface area (Å²) >= 11 is 3.10. The molecule has 1 rings (SSSR count). The Labute approximate surface area is 99.7 Å². The summed E-state index contributed by atoms with van der Waals surface area (Å²) in [5.41, 5.74) is 5.08. The molecule has 0 unspecified atom stereocenters. The van der Waals surface area contributed by atoms with Crippen molar-refractivity contribution in [2.75, 3.05) is 6.61 Å². The van der Waals surface area contributed by atoms with Crippen LogP contribution in [0, 0.1) is 0 Å². The standard InChI is InChI=1S/C10H11BrF3NO/c1-2-16-8-4-3-6(11)5-7(8)9(15)10(12,13)14/h3-5,9H,2,15H2,1H3/t9-/m0/s1. The van der Waals surface area contributed by atoms with Gasteiger partial charge in [-0.3, -0.25) is 0 Å². The van der Waals surface area contributed by atoms with Crippen LogP contribution < -0.4 is 10.5 Å². The molecule has 1 aromatic rings. The maximum atomic E-state index is 12.5. The Kier molecular flexibility index (Phi) is 4.21. The summed E-state index contributed by atoms with van der Waals surface area (Å²) in [7, 11) is 0. The van der Waals surface area contributed by atoms with Crippen molar-refractivity contribution in [1.82, 2.24) is 0 Å². The Morgan fingerprint density at radius 1 is 1.44 bits per heavy atom. The number of rotatable bonds is 3.